The Hall–Kier alpha value is -1.35. The van der Waals surface area contributed by atoms with Crippen LogP contribution >= 0.6 is 0 Å². The van der Waals surface area contributed by atoms with Crippen molar-refractivity contribution in [3.05, 3.63) is 36.2 Å². The molecule has 3 nitrogen and oxygen atoms in total. The van der Waals surface area contributed by atoms with Gasteiger partial charge in [0.1, 0.15) is 0 Å². The Morgan fingerprint density at radius 3 is 2.83 bits per heavy atom. The third-order valence-corrected chi connectivity index (χ3v) is 2.78. The standard InChI is InChI=1S/C15H25N3/c1-6-7-18(5)15-8-13(4)17-11-14(15)10-16-9-12(2)3/h6,8,11-12,16H,1,7,9-10H2,2-5H3. The summed E-state index contributed by atoms with van der Waals surface area (Å²) in [7, 11) is 2.09. The summed E-state index contributed by atoms with van der Waals surface area (Å²) in [5.41, 5.74) is 3.53. The highest BCUT2D eigenvalue weighted by Crippen LogP contribution is 2.19. The summed E-state index contributed by atoms with van der Waals surface area (Å²) in [4.78, 5) is 6.59. The third kappa shape index (κ3) is 4.49. The van der Waals surface area contributed by atoms with Gasteiger partial charge in [-0.2, -0.15) is 0 Å². The van der Waals surface area contributed by atoms with Crippen LogP contribution in [0.3, 0.4) is 0 Å². The highest BCUT2D eigenvalue weighted by Gasteiger charge is 2.07. The van der Waals surface area contributed by atoms with E-state index in [2.05, 4.69) is 48.7 Å². The fraction of sp³-hybridized carbons (Fsp3) is 0.533. The minimum Gasteiger partial charge on any atom is -0.371 e. The van der Waals surface area contributed by atoms with E-state index in [0.29, 0.717) is 5.92 Å². The molecule has 1 heterocycles. The quantitative estimate of drug-likeness (QED) is 0.751. The summed E-state index contributed by atoms with van der Waals surface area (Å²) >= 11 is 0. The first kappa shape index (κ1) is 14.7. The lowest BCUT2D eigenvalue weighted by Crippen LogP contribution is -2.23. The van der Waals surface area contributed by atoms with Crippen LogP contribution in [-0.4, -0.2) is 25.1 Å². The smallest absolute Gasteiger partial charge is 0.0445 e. The average Bonchev–Trinajstić information content (AvgIpc) is 2.31. The van der Waals surface area contributed by atoms with Crippen LogP contribution in [0.2, 0.25) is 0 Å². The second kappa shape index (κ2) is 7.17. The van der Waals surface area contributed by atoms with E-state index >= 15 is 0 Å². The lowest BCUT2D eigenvalue weighted by molar-refractivity contribution is 0.551. The van der Waals surface area contributed by atoms with Crippen LogP contribution in [0.1, 0.15) is 25.1 Å². The monoisotopic (exact) mass is 247 g/mol. The zero-order valence-electron chi connectivity index (χ0n) is 12.0. The molecule has 0 fully saturated rings. The second-order valence-electron chi connectivity index (χ2n) is 5.15. The van der Waals surface area contributed by atoms with E-state index in [1.807, 2.05) is 19.2 Å². The SMILES string of the molecule is C=CCN(C)c1cc(C)ncc1CNCC(C)C. The molecule has 1 aromatic rings. The number of nitrogens with one attached hydrogen (secondary N) is 1. The van der Waals surface area contributed by atoms with E-state index in [1.165, 1.54) is 11.3 Å². The lowest BCUT2D eigenvalue weighted by Gasteiger charge is -2.21. The van der Waals surface area contributed by atoms with E-state index < -0.39 is 0 Å². The Kier molecular flexibility index (Phi) is 5.86. The Morgan fingerprint density at radius 1 is 1.50 bits per heavy atom. The predicted molar refractivity (Wildman–Crippen MR) is 79.0 cm³/mol. The molecule has 0 amide bonds. The van der Waals surface area contributed by atoms with Gasteiger partial charge < -0.3 is 10.2 Å². The summed E-state index contributed by atoms with van der Waals surface area (Å²) in [5, 5.41) is 3.47. The van der Waals surface area contributed by atoms with Gasteiger partial charge in [-0.05, 0) is 25.5 Å². The van der Waals surface area contributed by atoms with Crippen molar-refractivity contribution in [2.24, 2.45) is 5.92 Å². The van der Waals surface area contributed by atoms with Gasteiger partial charge in [0.25, 0.3) is 0 Å². The van der Waals surface area contributed by atoms with Crippen LogP contribution in [0.15, 0.2) is 24.9 Å². The molecule has 1 N–H and O–H groups in total. The molecule has 18 heavy (non-hydrogen) atoms. The maximum absolute atomic E-state index is 4.39. The Bertz CT molecular complexity index is 385. The average molecular weight is 247 g/mol. The van der Waals surface area contributed by atoms with E-state index in [1.54, 1.807) is 0 Å². The number of aryl methyl sites for hydroxylation is 1. The number of likely N-dealkylation sites (N-methyl/N-ethyl adjacent to an activating group) is 1. The van der Waals surface area contributed by atoms with Gasteiger partial charge in [-0.3, -0.25) is 4.98 Å². The molecule has 0 bridgehead atoms. The van der Waals surface area contributed by atoms with E-state index in [9.17, 15) is 0 Å². The normalized spacial score (nSPS) is 10.7. The van der Waals surface area contributed by atoms with Crippen molar-refractivity contribution in [1.82, 2.24) is 10.3 Å². The number of hydrogen-bond acceptors (Lipinski definition) is 3. The number of pyridine rings is 1. The van der Waals surface area contributed by atoms with Crippen molar-refractivity contribution in [2.75, 3.05) is 25.0 Å². The van der Waals surface area contributed by atoms with Crippen molar-refractivity contribution in [2.45, 2.75) is 27.3 Å². The van der Waals surface area contributed by atoms with Crippen LogP contribution < -0.4 is 10.2 Å². The van der Waals surface area contributed by atoms with Crippen molar-refractivity contribution in [1.29, 1.82) is 0 Å². The van der Waals surface area contributed by atoms with Crippen LogP contribution in [0.5, 0.6) is 0 Å². The molecule has 0 spiro atoms. The number of rotatable bonds is 7. The third-order valence-electron chi connectivity index (χ3n) is 2.78. The van der Waals surface area contributed by atoms with Gasteiger partial charge in [-0.15, -0.1) is 6.58 Å². The van der Waals surface area contributed by atoms with Crippen molar-refractivity contribution in [3.63, 3.8) is 0 Å². The van der Waals surface area contributed by atoms with Crippen LogP contribution in [-0.2, 0) is 6.54 Å². The summed E-state index contributed by atoms with van der Waals surface area (Å²) in [5.74, 6) is 0.665. The molecule has 3 heteroatoms. The molecule has 0 aliphatic rings. The van der Waals surface area contributed by atoms with Crippen molar-refractivity contribution >= 4 is 5.69 Å². The number of anilines is 1. The van der Waals surface area contributed by atoms with Gasteiger partial charge in [0.2, 0.25) is 0 Å². The highest BCUT2D eigenvalue weighted by molar-refractivity contribution is 5.53. The van der Waals surface area contributed by atoms with Crippen molar-refractivity contribution < 1.29 is 0 Å². The van der Waals surface area contributed by atoms with Crippen LogP contribution in [0, 0.1) is 12.8 Å². The lowest BCUT2D eigenvalue weighted by atomic mass is 10.1. The number of hydrogen-bond donors (Lipinski definition) is 1. The summed E-state index contributed by atoms with van der Waals surface area (Å²) < 4.78 is 0. The van der Waals surface area contributed by atoms with Gasteiger partial charge in [0.05, 0.1) is 0 Å². The first-order valence-corrected chi connectivity index (χ1v) is 6.52. The second-order valence-corrected chi connectivity index (χ2v) is 5.15. The fourth-order valence-corrected chi connectivity index (χ4v) is 1.85. The fourth-order valence-electron chi connectivity index (χ4n) is 1.85. The predicted octanol–water partition coefficient (Wildman–Crippen LogP) is 2.76. The van der Waals surface area contributed by atoms with Gasteiger partial charge in [-0.1, -0.05) is 19.9 Å². The van der Waals surface area contributed by atoms with Gasteiger partial charge in [0.15, 0.2) is 0 Å². The molecule has 0 saturated carbocycles. The van der Waals surface area contributed by atoms with E-state index in [-0.39, 0.29) is 0 Å². The van der Waals surface area contributed by atoms with Crippen LogP contribution in [0.4, 0.5) is 5.69 Å². The van der Waals surface area contributed by atoms with Crippen molar-refractivity contribution in [3.8, 4) is 0 Å². The Balaban J connectivity index is 2.79. The topological polar surface area (TPSA) is 28.2 Å². The summed E-state index contributed by atoms with van der Waals surface area (Å²) in [6.07, 6.45) is 3.89. The molecule has 100 valence electrons. The molecule has 0 aromatic carbocycles. The molecule has 0 saturated heterocycles. The van der Waals surface area contributed by atoms with E-state index in [0.717, 1.165) is 25.3 Å². The van der Waals surface area contributed by atoms with Gasteiger partial charge in [-0.25, -0.2) is 0 Å². The Morgan fingerprint density at radius 2 is 2.22 bits per heavy atom. The molecule has 0 atom stereocenters. The molecular formula is C15H25N3. The minimum atomic E-state index is 0.665. The summed E-state index contributed by atoms with van der Waals surface area (Å²) in [6, 6.07) is 2.13. The number of aromatic nitrogens is 1. The van der Waals surface area contributed by atoms with E-state index in [4.69, 9.17) is 0 Å². The molecule has 1 aromatic heterocycles. The molecule has 0 aliphatic heterocycles. The zero-order valence-corrected chi connectivity index (χ0v) is 12.0. The first-order valence-electron chi connectivity index (χ1n) is 6.52. The Labute approximate surface area is 111 Å². The molecule has 0 aliphatic carbocycles. The van der Waals surface area contributed by atoms with Crippen LogP contribution in [0.25, 0.3) is 0 Å². The maximum Gasteiger partial charge on any atom is 0.0445 e. The van der Waals surface area contributed by atoms with Gasteiger partial charge >= 0.3 is 0 Å². The minimum absolute atomic E-state index is 0.665. The highest BCUT2D eigenvalue weighted by atomic mass is 15.1. The molecule has 1 rings (SSSR count). The molecule has 0 radical (unpaired) electrons. The largest absolute Gasteiger partial charge is 0.371 e. The van der Waals surface area contributed by atoms with Gasteiger partial charge in [0, 0.05) is 43.3 Å². The molecular weight excluding hydrogens is 222 g/mol. The first-order chi connectivity index (χ1) is 8.54. The summed E-state index contributed by atoms with van der Waals surface area (Å²) in [6.45, 7) is 13.0. The number of nitrogens with zero attached hydrogens (tertiary/aromatic N) is 2. The zero-order chi connectivity index (χ0) is 13.5. The maximum atomic E-state index is 4.39. The molecule has 0 unspecified atom stereocenters.